The molecule has 2 aromatic carbocycles. The molecule has 1 atom stereocenters. The zero-order valence-electron chi connectivity index (χ0n) is 15.0. The molecule has 1 aromatic heterocycles. The number of amides is 2. The molecule has 138 valence electrons. The summed E-state index contributed by atoms with van der Waals surface area (Å²) in [4.78, 5) is 24.5. The highest BCUT2D eigenvalue weighted by Crippen LogP contribution is 2.29. The molecule has 1 aliphatic rings. The molecule has 0 aliphatic carbocycles. The lowest BCUT2D eigenvalue weighted by atomic mass is 10.1. The Morgan fingerprint density at radius 1 is 1.26 bits per heavy atom. The second-order valence-electron chi connectivity index (χ2n) is 6.57. The number of hydrogen-bond acceptors (Lipinski definition) is 4. The van der Waals surface area contributed by atoms with Crippen LogP contribution in [-0.2, 0) is 11.4 Å². The Labute approximate surface area is 156 Å². The van der Waals surface area contributed by atoms with Gasteiger partial charge in [0.1, 0.15) is 29.7 Å². The molecule has 6 heteroatoms. The van der Waals surface area contributed by atoms with Crippen molar-refractivity contribution in [1.29, 1.82) is 0 Å². The summed E-state index contributed by atoms with van der Waals surface area (Å²) in [7, 11) is 0. The highest BCUT2D eigenvalue weighted by Gasteiger charge is 2.28. The number of rotatable bonds is 5. The fourth-order valence-corrected chi connectivity index (χ4v) is 3.27. The van der Waals surface area contributed by atoms with Crippen molar-refractivity contribution in [1.82, 2.24) is 10.6 Å². The smallest absolute Gasteiger partial charge is 0.256 e. The molecule has 0 radical (unpaired) electrons. The molecule has 0 saturated carbocycles. The lowest BCUT2D eigenvalue weighted by Crippen LogP contribution is -2.40. The van der Waals surface area contributed by atoms with Gasteiger partial charge in [-0.25, -0.2) is 0 Å². The highest BCUT2D eigenvalue weighted by molar-refractivity contribution is 6.08. The average Bonchev–Trinajstić information content (AvgIpc) is 3.22. The number of fused-ring (bicyclic) bond motifs is 1. The van der Waals surface area contributed by atoms with Gasteiger partial charge in [0.25, 0.3) is 5.91 Å². The molecule has 4 rings (SSSR count). The Kier molecular flexibility index (Phi) is 4.54. The van der Waals surface area contributed by atoms with E-state index in [9.17, 15) is 9.59 Å². The number of nitrogens with one attached hydrogen (secondary N) is 2. The minimum Gasteiger partial charge on any atom is -0.489 e. The predicted molar refractivity (Wildman–Crippen MR) is 101 cm³/mol. The van der Waals surface area contributed by atoms with E-state index < -0.39 is 6.04 Å². The van der Waals surface area contributed by atoms with Crippen molar-refractivity contribution in [3.63, 3.8) is 0 Å². The molecule has 2 heterocycles. The summed E-state index contributed by atoms with van der Waals surface area (Å²) in [6, 6.07) is 14.8. The summed E-state index contributed by atoms with van der Waals surface area (Å²) in [5.74, 6) is 0.704. The Balaban J connectivity index is 1.57. The number of carbonyl (C=O) groups excluding carboxylic acids is 2. The minimum absolute atomic E-state index is 0.152. The van der Waals surface area contributed by atoms with Crippen molar-refractivity contribution in [3.05, 3.63) is 65.4 Å². The first-order valence-corrected chi connectivity index (χ1v) is 8.90. The monoisotopic (exact) mass is 364 g/mol. The molecule has 1 aliphatic heterocycles. The van der Waals surface area contributed by atoms with E-state index in [1.807, 2.05) is 36.4 Å². The summed E-state index contributed by atoms with van der Waals surface area (Å²) in [6.45, 7) is 2.76. The van der Waals surface area contributed by atoms with Crippen molar-refractivity contribution in [2.45, 2.75) is 26.0 Å². The fourth-order valence-electron chi connectivity index (χ4n) is 3.27. The molecule has 27 heavy (non-hydrogen) atoms. The van der Waals surface area contributed by atoms with Gasteiger partial charge in [-0.05, 0) is 37.1 Å². The van der Waals surface area contributed by atoms with Crippen LogP contribution in [0.2, 0.25) is 0 Å². The Morgan fingerprint density at radius 3 is 2.81 bits per heavy atom. The van der Waals surface area contributed by atoms with Gasteiger partial charge in [-0.15, -0.1) is 0 Å². The van der Waals surface area contributed by atoms with Crippen LogP contribution < -0.4 is 15.4 Å². The van der Waals surface area contributed by atoms with Crippen LogP contribution in [0.5, 0.6) is 5.75 Å². The summed E-state index contributed by atoms with van der Waals surface area (Å²) in [5.41, 5.74) is 2.11. The number of ether oxygens (including phenoxy) is 1. The number of furan rings is 1. The topological polar surface area (TPSA) is 80.6 Å². The maximum Gasteiger partial charge on any atom is 0.256 e. The molecule has 3 aromatic rings. The average molecular weight is 364 g/mol. The van der Waals surface area contributed by atoms with Crippen LogP contribution in [-0.4, -0.2) is 24.4 Å². The molecule has 2 N–H and O–H groups in total. The van der Waals surface area contributed by atoms with E-state index in [4.69, 9.17) is 9.15 Å². The fraction of sp³-hybridized carbons (Fsp3) is 0.238. The lowest BCUT2D eigenvalue weighted by Gasteiger charge is -2.10. The van der Waals surface area contributed by atoms with Crippen LogP contribution in [0.4, 0.5) is 0 Å². The molecule has 1 saturated heterocycles. The van der Waals surface area contributed by atoms with Crippen molar-refractivity contribution in [3.8, 4) is 5.75 Å². The first-order valence-electron chi connectivity index (χ1n) is 8.90. The first-order chi connectivity index (χ1) is 13.1. The van der Waals surface area contributed by atoms with E-state index in [2.05, 4.69) is 10.6 Å². The van der Waals surface area contributed by atoms with Crippen LogP contribution in [0.15, 0.2) is 52.9 Å². The molecule has 6 nitrogen and oxygen atoms in total. The van der Waals surface area contributed by atoms with Gasteiger partial charge in [-0.2, -0.15) is 0 Å². The number of aryl methyl sites for hydroxylation is 1. The van der Waals surface area contributed by atoms with Gasteiger partial charge >= 0.3 is 0 Å². The zero-order valence-corrected chi connectivity index (χ0v) is 15.0. The lowest BCUT2D eigenvalue weighted by molar-refractivity contribution is -0.120. The summed E-state index contributed by atoms with van der Waals surface area (Å²) in [6.07, 6.45) is 0.588. The number of hydrogen-bond donors (Lipinski definition) is 2. The van der Waals surface area contributed by atoms with Gasteiger partial charge in [0.2, 0.25) is 5.91 Å². The molecular formula is C21H20N2O4. The second kappa shape index (κ2) is 7.15. The summed E-state index contributed by atoms with van der Waals surface area (Å²) >= 11 is 0. The van der Waals surface area contributed by atoms with Crippen LogP contribution in [0.1, 0.15) is 28.1 Å². The quantitative estimate of drug-likeness (QED) is 0.729. The van der Waals surface area contributed by atoms with Crippen LogP contribution in [0.25, 0.3) is 11.0 Å². The van der Waals surface area contributed by atoms with Crippen LogP contribution in [0.3, 0.4) is 0 Å². The summed E-state index contributed by atoms with van der Waals surface area (Å²) in [5, 5.41) is 6.18. The largest absolute Gasteiger partial charge is 0.489 e. The normalized spacial score (nSPS) is 16.3. The third-order valence-electron chi connectivity index (χ3n) is 4.66. The highest BCUT2D eigenvalue weighted by atomic mass is 16.5. The van der Waals surface area contributed by atoms with E-state index in [1.165, 1.54) is 0 Å². The third-order valence-corrected chi connectivity index (χ3v) is 4.66. The minimum atomic E-state index is -0.501. The van der Waals surface area contributed by atoms with E-state index in [-0.39, 0.29) is 11.8 Å². The van der Waals surface area contributed by atoms with Crippen molar-refractivity contribution in [2.24, 2.45) is 0 Å². The Morgan fingerprint density at radius 2 is 2.07 bits per heavy atom. The molecular weight excluding hydrogens is 344 g/mol. The van der Waals surface area contributed by atoms with Gasteiger partial charge in [0, 0.05) is 11.9 Å². The van der Waals surface area contributed by atoms with Crippen molar-refractivity contribution in [2.75, 3.05) is 6.54 Å². The maximum absolute atomic E-state index is 12.7. The Hall–Kier alpha value is -3.28. The Bertz CT molecular complexity index is 994. The van der Waals surface area contributed by atoms with E-state index in [0.717, 1.165) is 5.56 Å². The predicted octanol–water partition coefficient (Wildman–Crippen LogP) is 2.94. The zero-order chi connectivity index (χ0) is 18.8. The SMILES string of the molecule is Cc1oc2ccc(OCc3ccccc3)cc2c1C(=O)N[C@@H]1CCNC1=O. The second-order valence-corrected chi connectivity index (χ2v) is 6.57. The maximum atomic E-state index is 12.7. The molecule has 0 spiro atoms. The summed E-state index contributed by atoms with van der Waals surface area (Å²) < 4.78 is 11.6. The van der Waals surface area contributed by atoms with Gasteiger partial charge in [0.05, 0.1) is 5.56 Å². The van der Waals surface area contributed by atoms with Gasteiger partial charge in [0.15, 0.2) is 0 Å². The van der Waals surface area contributed by atoms with E-state index in [0.29, 0.717) is 47.6 Å². The number of carbonyl (C=O) groups is 2. The molecule has 2 amide bonds. The standard InChI is InChI=1S/C21H20N2O4/c1-13-19(21(25)23-17-9-10-22-20(17)24)16-11-15(7-8-18(16)27-13)26-12-14-5-3-2-4-6-14/h2-8,11,17H,9-10,12H2,1H3,(H,22,24)(H,23,25)/t17-/m1/s1. The van der Waals surface area contributed by atoms with Crippen molar-refractivity contribution < 1.29 is 18.7 Å². The molecule has 1 fully saturated rings. The van der Waals surface area contributed by atoms with Gasteiger partial charge in [-0.1, -0.05) is 30.3 Å². The van der Waals surface area contributed by atoms with Crippen LogP contribution in [0, 0.1) is 6.92 Å². The third kappa shape index (κ3) is 3.51. The van der Waals surface area contributed by atoms with Gasteiger partial charge < -0.3 is 19.8 Å². The first kappa shape index (κ1) is 17.1. The molecule has 0 unspecified atom stereocenters. The number of benzene rings is 2. The van der Waals surface area contributed by atoms with Crippen LogP contribution >= 0.6 is 0 Å². The van der Waals surface area contributed by atoms with E-state index >= 15 is 0 Å². The molecule has 0 bridgehead atoms. The van der Waals surface area contributed by atoms with Gasteiger partial charge in [-0.3, -0.25) is 9.59 Å². The van der Waals surface area contributed by atoms with E-state index in [1.54, 1.807) is 19.1 Å². The van der Waals surface area contributed by atoms with Crippen molar-refractivity contribution >= 4 is 22.8 Å².